The molecule has 0 atom stereocenters. The number of alkyl carbamates (subject to hydrolysis) is 1. The third kappa shape index (κ3) is 6.26. The molecule has 0 saturated heterocycles. The fraction of sp³-hybridized carbons (Fsp3) is 0.286. The van der Waals surface area contributed by atoms with E-state index in [0.29, 0.717) is 16.6 Å². The van der Waals surface area contributed by atoms with Gasteiger partial charge < -0.3 is 14.8 Å². The maximum atomic E-state index is 13.5. The monoisotopic (exact) mass is 550 g/mol. The second-order valence-corrected chi connectivity index (χ2v) is 11.7. The number of ether oxygens (including phenoxy) is 2. The van der Waals surface area contributed by atoms with Crippen LogP contribution in [-0.4, -0.2) is 46.6 Å². The van der Waals surface area contributed by atoms with E-state index >= 15 is 0 Å². The van der Waals surface area contributed by atoms with Crippen LogP contribution in [0.2, 0.25) is 0 Å². The predicted octanol–water partition coefficient (Wildman–Crippen LogP) is 4.85. The zero-order valence-electron chi connectivity index (χ0n) is 22.4. The Hall–Kier alpha value is -4.25. The lowest BCUT2D eigenvalue weighted by Crippen LogP contribution is -2.32. The number of aryl methyl sites for hydroxylation is 1. The highest BCUT2D eigenvalue weighted by Gasteiger charge is 2.24. The van der Waals surface area contributed by atoms with E-state index < -0.39 is 27.7 Å². The first-order valence-corrected chi connectivity index (χ1v) is 13.8. The van der Waals surface area contributed by atoms with Crippen LogP contribution >= 0.6 is 0 Å². The first-order chi connectivity index (χ1) is 18.4. The quantitative estimate of drug-likeness (QED) is 0.324. The molecule has 0 spiro atoms. The van der Waals surface area contributed by atoms with E-state index in [2.05, 4.69) is 15.3 Å². The Morgan fingerprint density at radius 1 is 1.03 bits per heavy atom. The lowest BCUT2D eigenvalue weighted by molar-refractivity contribution is 0.0506. The van der Waals surface area contributed by atoms with Crippen LogP contribution < -0.4 is 5.32 Å². The Morgan fingerprint density at radius 3 is 2.41 bits per heavy atom. The average Bonchev–Trinajstić information content (AvgIpc) is 3.31. The molecule has 2 heterocycles. The Balaban J connectivity index is 1.79. The van der Waals surface area contributed by atoms with Crippen molar-refractivity contribution < 1.29 is 27.5 Å². The number of hydrogen-bond donors (Lipinski definition) is 1. The van der Waals surface area contributed by atoms with Crippen LogP contribution in [0.4, 0.5) is 4.79 Å². The van der Waals surface area contributed by atoms with E-state index in [1.54, 1.807) is 64.1 Å². The van der Waals surface area contributed by atoms with Gasteiger partial charge in [-0.2, -0.15) is 0 Å². The summed E-state index contributed by atoms with van der Waals surface area (Å²) in [4.78, 5) is 33.6. The number of fused-ring (bicyclic) bond motifs is 1. The molecular weight excluding hydrogens is 520 g/mol. The second-order valence-electron chi connectivity index (χ2n) is 9.84. The number of carbonyl (C=O) groups is 2. The van der Waals surface area contributed by atoms with E-state index in [4.69, 9.17) is 9.47 Å². The molecule has 0 fully saturated rings. The molecule has 4 rings (SSSR count). The molecule has 1 amide bonds. The number of carbonyl (C=O) groups excluding carboxylic acids is 2. The smallest absolute Gasteiger partial charge is 0.407 e. The van der Waals surface area contributed by atoms with Crippen molar-refractivity contribution in [3.63, 3.8) is 0 Å². The molecule has 204 valence electrons. The maximum Gasteiger partial charge on any atom is 0.407 e. The summed E-state index contributed by atoms with van der Waals surface area (Å²) in [6, 6.07) is 15.2. The molecule has 1 N–H and O–H groups in total. The zero-order valence-corrected chi connectivity index (χ0v) is 23.2. The number of aromatic nitrogens is 3. The second kappa shape index (κ2) is 10.9. The van der Waals surface area contributed by atoms with Gasteiger partial charge in [0.2, 0.25) is 5.82 Å². The molecular formula is C28H30N4O6S. The minimum absolute atomic E-state index is 0.0425. The molecule has 0 aliphatic heterocycles. The third-order valence-electron chi connectivity index (χ3n) is 5.58. The molecule has 11 heteroatoms. The Bertz CT molecular complexity index is 1640. The fourth-order valence-corrected chi connectivity index (χ4v) is 5.13. The van der Waals surface area contributed by atoms with E-state index in [0.717, 1.165) is 15.1 Å². The van der Waals surface area contributed by atoms with Gasteiger partial charge in [-0.3, -0.25) is 0 Å². The Morgan fingerprint density at radius 2 is 1.74 bits per heavy atom. The topological polar surface area (TPSA) is 129 Å². The molecule has 0 radical (unpaired) electrons. The number of amides is 1. The standard InChI is InChI=1S/C28H30N4O6S/c1-6-37-26(33)24-30-23(20-9-7-8-19(16-20)17-29-27(34)38-28(3,4)5)22-14-15-32(25(22)31-24)39(35,36)21-12-10-18(2)11-13-21/h7-16H,6,17H2,1-5H3,(H,29,34). The van der Waals surface area contributed by atoms with Crippen molar-refractivity contribution in [3.05, 3.63) is 77.7 Å². The van der Waals surface area contributed by atoms with Crippen LogP contribution in [0.25, 0.3) is 22.3 Å². The van der Waals surface area contributed by atoms with Crippen molar-refractivity contribution in [2.45, 2.75) is 51.7 Å². The summed E-state index contributed by atoms with van der Waals surface area (Å²) < 4.78 is 38.5. The molecule has 2 aromatic heterocycles. The van der Waals surface area contributed by atoms with Gasteiger partial charge in [-0.15, -0.1) is 0 Å². The predicted molar refractivity (Wildman–Crippen MR) is 146 cm³/mol. The van der Waals surface area contributed by atoms with E-state index in [-0.39, 0.29) is 29.5 Å². The molecule has 4 aromatic rings. The van der Waals surface area contributed by atoms with E-state index in [1.165, 1.54) is 18.3 Å². The number of benzene rings is 2. The third-order valence-corrected chi connectivity index (χ3v) is 7.26. The van der Waals surface area contributed by atoms with Crippen LogP contribution in [0.5, 0.6) is 0 Å². The van der Waals surface area contributed by atoms with Gasteiger partial charge >= 0.3 is 12.1 Å². The first-order valence-electron chi connectivity index (χ1n) is 12.3. The van der Waals surface area contributed by atoms with Crippen molar-refractivity contribution in [2.75, 3.05) is 6.61 Å². The lowest BCUT2D eigenvalue weighted by Gasteiger charge is -2.19. The van der Waals surface area contributed by atoms with E-state index in [1.807, 2.05) is 13.0 Å². The fourth-order valence-electron chi connectivity index (χ4n) is 3.83. The summed E-state index contributed by atoms with van der Waals surface area (Å²) in [6.45, 7) is 9.14. The number of rotatable bonds is 7. The number of nitrogens with one attached hydrogen (secondary N) is 1. The van der Waals surface area contributed by atoms with Gasteiger partial charge in [-0.25, -0.2) is 31.9 Å². The van der Waals surface area contributed by atoms with Gasteiger partial charge in [0.1, 0.15) is 5.60 Å². The SMILES string of the molecule is CCOC(=O)c1nc(-c2cccc(CNC(=O)OC(C)(C)C)c2)c2ccn(S(=O)(=O)c3ccc(C)cc3)c2n1. The first kappa shape index (κ1) is 27.8. The lowest BCUT2D eigenvalue weighted by atomic mass is 10.1. The summed E-state index contributed by atoms with van der Waals surface area (Å²) in [7, 11) is -4.02. The number of nitrogens with zero attached hydrogens (tertiary/aromatic N) is 3. The largest absolute Gasteiger partial charge is 0.460 e. The van der Waals surface area contributed by atoms with Gasteiger partial charge in [0.25, 0.3) is 10.0 Å². The zero-order chi connectivity index (χ0) is 28.4. The minimum Gasteiger partial charge on any atom is -0.460 e. The summed E-state index contributed by atoms with van der Waals surface area (Å²) in [6.07, 6.45) is 0.835. The number of hydrogen-bond acceptors (Lipinski definition) is 8. The summed E-state index contributed by atoms with van der Waals surface area (Å²) in [5.74, 6) is -1.04. The molecule has 0 saturated carbocycles. The van der Waals surface area contributed by atoms with Crippen LogP contribution in [0, 0.1) is 6.92 Å². The highest BCUT2D eigenvalue weighted by atomic mass is 32.2. The molecule has 0 aliphatic carbocycles. The molecule has 0 bridgehead atoms. The molecule has 0 unspecified atom stereocenters. The average molecular weight is 551 g/mol. The van der Waals surface area contributed by atoms with Crippen molar-refractivity contribution >= 4 is 33.1 Å². The minimum atomic E-state index is -4.02. The van der Waals surface area contributed by atoms with Gasteiger partial charge in [0.15, 0.2) is 5.65 Å². The highest BCUT2D eigenvalue weighted by molar-refractivity contribution is 7.90. The van der Waals surface area contributed by atoms with Crippen LogP contribution in [0.3, 0.4) is 0 Å². The summed E-state index contributed by atoms with van der Waals surface area (Å²) in [5.41, 5.74) is 2.02. The van der Waals surface area contributed by atoms with Crippen molar-refractivity contribution in [1.82, 2.24) is 19.3 Å². The summed E-state index contributed by atoms with van der Waals surface area (Å²) in [5, 5.41) is 3.14. The highest BCUT2D eigenvalue weighted by Crippen LogP contribution is 2.30. The van der Waals surface area contributed by atoms with Crippen molar-refractivity contribution in [2.24, 2.45) is 0 Å². The molecule has 2 aromatic carbocycles. The van der Waals surface area contributed by atoms with Crippen LogP contribution in [0.15, 0.2) is 65.7 Å². The molecule has 0 aliphatic rings. The summed E-state index contributed by atoms with van der Waals surface area (Å²) >= 11 is 0. The van der Waals surface area contributed by atoms with Crippen molar-refractivity contribution in [3.8, 4) is 11.3 Å². The molecule has 39 heavy (non-hydrogen) atoms. The Kier molecular flexibility index (Phi) is 7.73. The molecule has 10 nitrogen and oxygen atoms in total. The number of esters is 1. The van der Waals surface area contributed by atoms with Crippen molar-refractivity contribution in [1.29, 1.82) is 0 Å². The van der Waals surface area contributed by atoms with Crippen LogP contribution in [0.1, 0.15) is 49.4 Å². The van der Waals surface area contributed by atoms with Crippen LogP contribution in [-0.2, 0) is 26.0 Å². The van der Waals surface area contributed by atoms with Gasteiger partial charge in [-0.1, -0.05) is 35.9 Å². The van der Waals surface area contributed by atoms with E-state index in [9.17, 15) is 18.0 Å². The maximum absolute atomic E-state index is 13.5. The Labute approximate surface area is 227 Å². The van der Waals surface area contributed by atoms with Gasteiger partial charge in [0, 0.05) is 23.7 Å². The normalized spacial score (nSPS) is 11.8. The van der Waals surface area contributed by atoms with Gasteiger partial charge in [-0.05, 0) is 64.4 Å². The van der Waals surface area contributed by atoms with Gasteiger partial charge in [0.05, 0.1) is 17.2 Å².